The molecule has 0 amide bonds. The van der Waals surface area contributed by atoms with Crippen LogP contribution < -0.4 is 5.32 Å². The highest BCUT2D eigenvalue weighted by Crippen LogP contribution is 2.19. The highest BCUT2D eigenvalue weighted by molar-refractivity contribution is 6.31. The number of rotatable bonds is 4. The Morgan fingerprint density at radius 2 is 2.16 bits per heavy atom. The molecule has 0 unspecified atom stereocenters. The molecule has 0 fully saturated rings. The van der Waals surface area contributed by atoms with Gasteiger partial charge in [-0.1, -0.05) is 25.4 Å². The smallest absolute Gasteiger partial charge is 0.131 e. The summed E-state index contributed by atoms with van der Waals surface area (Å²) in [5.41, 5.74) is 2.57. The number of nitrogens with zero attached hydrogens (tertiary/aromatic N) is 4. The predicted octanol–water partition coefficient (Wildman–Crippen LogP) is 2.47. The van der Waals surface area contributed by atoms with Crippen molar-refractivity contribution in [3.63, 3.8) is 0 Å². The molecule has 0 saturated heterocycles. The molecule has 0 aliphatic carbocycles. The molecular weight excluding hydrogens is 262 g/mol. The first-order valence-corrected chi connectivity index (χ1v) is 6.63. The molecule has 0 saturated carbocycles. The molecule has 2 aromatic heterocycles. The van der Waals surface area contributed by atoms with Crippen LogP contribution in [0.4, 0.5) is 0 Å². The fourth-order valence-electron chi connectivity index (χ4n) is 1.76. The third kappa shape index (κ3) is 2.93. The first kappa shape index (κ1) is 14.0. The second kappa shape index (κ2) is 5.67. The van der Waals surface area contributed by atoms with Gasteiger partial charge in [-0.3, -0.25) is 0 Å². The lowest BCUT2D eigenvalue weighted by Gasteiger charge is -2.11. The summed E-state index contributed by atoms with van der Waals surface area (Å²) < 4.78 is 1.73. The average molecular weight is 280 g/mol. The molecule has 6 heteroatoms. The van der Waals surface area contributed by atoms with Gasteiger partial charge in [-0.05, 0) is 14.0 Å². The van der Waals surface area contributed by atoms with E-state index in [-0.39, 0.29) is 0 Å². The summed E-state index contributed by atoms with van der Waals surface area (Å²) in [5, 5.41) is 8.13. The average Bonchev–Trinajstić information content (AvgIpc) is 2.69. The van der Waals surface area contributed by atoms with Gasteiger partial charge in [0, 0.05) is 18.7 Å². The van der Waals surface area contributed by atoms with Crippen molar-refractivity contribution in [2.75, 3.05) is 7.05 Å². The largest absolute Gasteiger partial charge is 0.314 e. The van der Waals surface area contributed by atoms with Gasteiger partial charge in [-0.15, -0.1) is 0 Å². The third-order valence-corrected chi connectivity index (χ3v) is 3.18. The second-order valence-corrected chi connectivity index (χ2v) is 5.16. The molecule has 102 valence electrons. The molecule has 5 nitrogen and oxygen atoms in total. The highest BCUT2D eigenvalue weighted by Gasteiger charge is 2.12. The van der Waals surface area contributed by atoms with Crippen LogP contribution in [0.25, 0.3) is 5.69 Å². The van der Waals surface area contributed by atoms with Gasteiger partial charge >= 0.3 is 0 Å². The lowest BCUT2D eigenvalue weighted by Crippen LogP contribution is -2.14. The van der Waals surface area contributed by atoms with Gasteiger partial charge in [0.1, 0.15) is 11.5 Å². The Labute approximate surface area is 118 Å². The molecule has 0 spiro atoms. The standard InChI is InChI=1S/C13H18ClN5/c1-8(2)13-16-6-12(11(17-13)5-15-4)19-7-10(14)9(3)18-19/h6-8,15H,5H2,1-4H3. The van der Waals surface area contributed by atoms with Crippen molar-refractivity contribution in [3.05, 3.63) is 34.6 Å². The minimum absolute atomic E-state index is 0.299. The van der Waals surface area contributed by atoms with Crippen LogP contribution in [0.15, 0.2) is 12.4 Å². The zero-order valence-electron chi connectivity index (χ0n) is 11.6. The number of hydrogen-bond acceptors (Lipinski definition) is 4. The summed E-state index contributed by atoms with van der Waals surface area (Å²) in [6, 6.07) is 0. The maximum absolute atomic E-state index is 6.05. The van der Waals surface area contributed by atoms with Gasteiger partial charge in [0.15, 0.2) is 0 Å². The fraction of sp³-hybridized carbons (Fsp3) is 0.462. The van der Waals surface area contributed by atoms with E-state index in [1.165, 1.54) is 0 Å². The van der Waals surface area contributed by atoms with E-state index >= 15 is 0 Å². The van der Waals surface area contributed by atoms with E-state index in [2.05, 4.69) is 34.2 Å². The van der Waals surface area contributed by atoms with E-state index in [4.69, 9.17) is 11.6 Å². The van der Waals surface area contributed by atoms with Gasteiger partial charge in [-0.2, -0.15) is 5.10 Å². The Morgan fingerprint density at radius 3 is 2.68 bits per heavy atom. The molecule has 0 aliphatic rings. The number of hydrogen-bond donors (Lipinski definition) is 1. The van der Waals surface area contributed by atoms with Crippen LogP contribution in [0.2, 0.25) is 5.02 Å². The first-order chi connectivity index (χ1) is 9.02. The van der Waals surface area contributed by atoms with Crippen LogP contribution in [0, 0.1) is 6.92 Å². The molecule has 0 atom stereocenters. The zero-order chi connectivity index (χ0) is 14.0. The highest BCUT2D eigenvalue weighted by atomic mass is 35.5. The summed E-state index contributed by atoms with van der Waals surface area (Å²) in [5.74, 6) is 1.14. The Balaban J connectivity index is 2.49. The fourth-order valence-corrected chi connectivity index (χ4v) is 1.89. The van der Waals surface area contributed by atoms with Crippen LogP contribution >= 0.6 is 11.6 Å². The van der Waals surface area contributed by atoms with Crippen molar-refractivity contribution in [1.29, 1.82) is 0 Å². The lowest BCUT2D eigenvalue weighted by molar-refractivity contribution is 0.706. The van der Waals surface area contributed by atoms with Crippen molar-refractivity contribution in [3.8, 4) is 5.69 Å². The quantitative estimate of drug-likeness (QED) is 0.934. The van der Waals surface area contributed by atoms with E-state index in [9.17, 15) is 0 Å². The molecule has 1 N–H and O–H groups in total. The van der Waals surface area contributed by atoms with Gasteiger partial charge in [0.2, 0.25) is 0 Å². The molecule has 0 radical (unpaired) electrons. The monoisotopic (exact) mass is 279 g/mol. The van der Waals surface area contributed by atoms with Crippen molar-refractivity contribution >= 4 is 11.6 Å². The Kier molecular flexibility index (Phi) is 4.17. The first-order valence-electron chi connectivity index (χ1n) is 6.25. The minimum atomic E-state index is 0.299. The molecule has 2 heterocycles. The van der Waals surface area contributed by atoms with Gasteiger partial charge < -0.3 is 5.32 Å². The lowest BCUT2D eigenvalue weighted by atomic mass is 10.2. The van der Waals surface area contributed by atoms with Gasteiger partial charge in [0.25, 0.3) is 0 Å². The van der Waals surface area contributed by atoms with Gasteiger partial charge in [-0.25, -0.2) is 14.6 Å². The Bertz CT molecular complexity index is 557. The predicted molar refractivity (Wildman–Crippen MR) is 75.8 cm³/mol. The molecule has 19 heavy (non-hydrogen) atoms. The van der Waals surface area contributed by atoms with E-state index in [1.807, 2.05) is 14.0 Å². The topological polar surface area (TPSA) is 55.6 Å². The van der Waals surface area contributed by atoms with Crippen LogP contribution in [0.1, 0.15) is 37.0 Å². The van der Waals surface area contributed by atoms with E-state index in [1.54, 1.807) is 17.1 Å². The normalized spacial score (nSPS) is 11.3. The molecule has 2 aromatic rings. The molecular formula is C13H18ClN5. The SMILES string of the molecule is CNCc1nc(C(C)C)ncc1-n1cc(Cl)c(C)n1. The van der Waals surface area contributed by atoms with Crippen molar-refractivity contribution in [1.82, 2.24) is 25.1 Å². The summed E-state index contributed by atoms with van der Waals surface area (Å²) >= 11 is 6.05. The maximum atomic E-state index is 6.05. The summed E-state index contributed by atoms with van der Waals surface area (Å²) in [4.78, 5) is 8.99. The number of aryl methyl sites for hydroxylation is 1. The Hall–Kier alpha value is -1.46. The summed E-state index contributed by atoms with van der Waals surface area (Å²) in [6.07, 6.45) is 3.58. The Morgan fingerprint density at radius 1 is 1.42 bits per heavy atom. The number of aromatic nitrogens is 4. The van der Waals surface area contributed by atoms with Crippen LogP contribution in [0.3, 0.4) is 0 Å². The van der Waals surface area contributed by atoms with Crippen molar-refractivity contribution in [2.45, 2.75) is 33.2 Å². The van der Waals surface area contributed by atoms with E-state index in [0.717, 1.165) is 22.9 Å². The number of halogens is 1. The van der Waals surface area contributed by atoms with Gasteiger partial charge in [0.05, 0.1) is 22.6 Å². The second-order valence-electron chi connectivity index (χ2n) is 4.75. The van der Waals surface area contributed by atoms with Crippen LogP contribution in [-0.2, 0) is 6.54 Å². The van der Waals surface area contributed by atoms with Crippen molar-refractivity contribution in [2.24, 2.45) is 0 Å². The third-order valence-electron chi connectivity index (χ3n) is 2.81. The number of nitrogens with one attached hydrogen (secondary N) is 1. The molecule has 2 rings (SSSR count). The summed E-state index contributed by atoms with van der Waals surface area (Å²) in [6.45, 7) is 6.69. The molecule has 0 aromatic carbocycles. The van der Waals surface area contributed by atoms with Crippen molar-refractivity contribution < 1.29 is 0 Å². The minimum Gasteiger partial charge on any atom is -0.314 e. The van der Waals surface area contributed by atoms with E-state index < -0.39 is 0 Å². The van der Waals surface area contributed by atoms with Crippen LogP contribution in [0.5, 0.6) is 0 Å². The molecule has 0 aliphatic heterocycles. The van der Waals surface area contributed by atoms with Crippen LogP contribution in [-0.4, -0.2) is 26.8 Å². The summed E-state index contributed by atoms with van der Waals surface area (Å²) in [7, 11) is 1.89. The molecule has 0 bridgehead atoms. The maximum Gasteiger partial charge on any atom is 0.131 e. The van der Waals surface area contributed by atoms with E-state index in [0.29, 0.717) is 17.5 Å². The zero-order valence-corrected chi connectivity index (χ0v) is 12.4.